The largest absolute Gasteiger partial charge is 0.394 e. The van der Waals surface area contributed by atoms with Crippen molar-refractivity contribution in [2.45, 2.75) is 83.3 Å². The van der Waals surface area contributed by atoms with Crippen LogP contribution in [0.2, 0.25) is 0 Å². The van der Waals surface area contributed by atoms with Crippen LogP contribution in [0.1, 0.15) is 71.1 Å². The molecule has 2 unspecified atom stereocenters. The average molecular weight is 334 g/mol. The van der Waals surface area contributed by atoms with E-state index in [1.807, 2.05) is 0 Å². The second kappa shape index (κ2) is 18.1. The zero-order valence-electron chi connectivity index (χ0n) is 14.9. The maximum atomic E-state index is 9.19. The van der Waals surface area contributed by atoms with E-state index in [1.165, 1.54) is 51.4 Å². The van der Waals surface area contributed by atoms with Crippen LogP contribution in [-0.2, 0) is 9.47 Å². The minimum atomic E-state index is -0.865. The SMILES string of the molecule is CCCCCCCCCCCCOC(CO)COCC(O)CO. The Morgan fingerprint density at radius 1 is 0.739 bits per heavy atom. The minimum Gasteiger partial charge on any atom is -0.394 e. The van der Waals surface area contributed by atoms with E-state index in [9.17, 15) is 5.11 Å². The number of hydrogen-bond donors (Lipinski definition) is 3. The lowest BCUT2D eigenvalue weighted by atomic mass is 10.1. The molecule has 0 radical (unpaired) electrons. The van der Waals surface area contributed by atoms with Gasteiger partial charge in [0.05, 0.1) is 26.4 Å². The van der Waals surface area contributed by atoms with Gasteiger partial charge in [-0.3, -0.25) is 0 Å². The van der Waals surface area contributed by atoms with E-state index in [-0.39, 0.29) is 32.5 Å². The summed E-state index contributed by atoms with van der Waals surface area (Å²) >= 11 is 0. The summed E-state index contributed by atoms with van der Waals surface area (Å²) in [4.78, 5) is 0. The Hall–Kier alpha value is -0.200. The second-order valence-electron chi connectivity index (χ2n) is 6.23. The van der Waals surface area contributed by atoms with Gasteiger partial charge in [-0.15, -0.1) is 0 Å². The van der Waals surface area contributed by atoms with Gasteiger partial charge in [-0.2, -0.15) is 0 Å². The van der Waals surface area contributed by atoms with Crippen LogP contribution >= 0.6 is 0 Å². The highest BCUT2D eigenvalue weighted by molar-refractivity contribution is 4.56. The molecule has 0 aromatic rings. The van der Waals surface area contributed by atoms with Crippen LogP contribution in [0.3, 0.4) is 0 Å². The van der Waals surface area contributed by atoms with E-state index >= 15 is 0 Å². The van der Waals surface area contributed by atoms with Gasteiger partial charge in [0.1, 0.15) is 12.2 Å². The van der Waals surface area contributed by atoms with Crippen LogP contribution in [0.15, 0.2) is 0 Å². The molecule has 2 atom stereocenters. The average Bonchev–Trinajstić information content (AvgIpc) is 2.57. The molecule has 0 bridgehead atoms. The number of ether oxygens (including phenoxy) is 2. The van der Waals surface area contributed by atoms with Crippen LogP contribution in [0.5, 0.6) is 0 Å². The third-order valence-corrected chi connectivity index (χ3v) is 3.88. The van der Waals surface area contributed by atoms with Crippen LogP contribution in [0.4, 0.5) is 0 Å². The zero-order valence-corrected chi connectivity index (χ0v) is 14.9. The van der Waals surface area contributed by atoms with Gasteiger partial charge in [-0.1, -0.05) is 64.7 Å². The number of rotatable bonds is 18. The van der Waals surface area contributed by atoms with Gasteiger partial charge >= 0.3 is 0 Å². The number of hydrogen-bond acceptors (Lipinski definition) is 5. The topological polar surface area (TPSA) is 79.2 Å². The van der Waals surface area contributed by atoms with Gasteiger partial charge in [-0.05, 0) is 6.42 Å². The fraction of sp³-hybridized carbons (Fsp3) is 1.00. The molecule has 23 heavy (non-hydrogen) atoms. The van der Waals surface area contributed by atoms with E-state index < -0.39 is 6.10 Å². The molecule has 5 nitrogen and oxygen atoms in total. The number of aliphatic hydroxyl groups is 3. The third-order valence-electron chi connectivity index (χ3n) is 3.88. The van der Waals surface area contributed by atoms with Crippen molar-refractivity contribution in [3.8, 4) is 0 Å². The highest BCUT2D eigenvalue weighted by Gasteiger charge is 2.09. The lowest BCUT2D eigenvalue weighted by molar-refractivity contribution is -0.0649. The Labute approximate surface area is 142 Å². The molecule has 140 valence electrons. The Morgan fingerprint density at radius 2 is 1.30 bits per heavy atom. The van der Waals surface area contributed by atoms with E-state index in [4.69, 9.17) is 19.7 Å². The monoisotopic (exact) mass is 334 g/mol. The molecule has 0 aliphatic heterocycles. The van der Waals surface area contributed by atoms with E-state index in [1.54, 1.807) is 0 Å². The van der Waals surface area contributed by atoms with Gasteiger partial charge in [0.2, 0.25) is 0 Å². The van der Waals surface area contributed by atoms with Gasteiger partial charge in [0, 0.05) is 6.61 Å². The van der Waals surface area contributed by atoms with E-state index in [0.29, 0.717) is 6.61 Å². The predicted molar refractivity (Wildman–Crippen MR) is 92.6 cm³/mol. The van der Waals surface area contributed by atoms with Gasteiger partial charge in [-0.25, -0.2) is 0 Å². The van der Waals surface area contributed by atoms with Crippen molar-refractivity contribution in [1.29, 1.82) is 0 Å². The second-order valence-corrected chi connectivity index (χ2v) is 6.23. The molecule has 0 fully saturated rings. The van der Waals surface area contributed by atoms with Crippen molar-refractivity contribution in [2.75, 3.05) is 33.0 Å². The van der Waals surface area contributed by atoms with Crippen molar-refractivity contribution in [3.05, 3.63) is 0 Å². The molecule has 0 rings (SSSR count). The van der Waals surface area contributed by atoms with E-state index in [2.05, 4.69) is 6.92 Å². The Kier molecular flexibility index (Phi) is 18.0. The summed E-state index contributed by atoms with van der Waals surface area (Å²) in [5.74, 6) is 0. The third kappa shape index (κ3) is 16.4. The summed E-state index contributed by atoms with van der Waals surface area (Å²) in [5.41, 5.74) is 0. The normalized spacial score (nSPS) is 14.1. The quantitative estimate of drug-likeness (QED) is 0.336. The predicted octanol–water partition coefficient (Wildman–Crippen LogP) is 2.65. The molecule has 0 saturated heterocycles. The molecule has 0 aromatic carbocycles. The highest BCUT2D eigenvalue weighted by atomic mass is 16.5. The fourth-order valence-corrected chi connectivity index (χ4v) is 2.38. The zero-order chi connectivity index (χ0) is 17.2. The Morgan fingerprint density at radius 3 is 1.83 bits per heavy atom. The maximum Gasteiger partial charge on any atom is 0.104 e. The van der Waals surface area contributed by atoms with Crippen molar-refractivity contribution in [1.82, 2.24) is 0 Å². The molecular weight excluding hydrogens is 296 g/mol. The van der Waals surface area contributed by atoms with Crippen LogP contribution in [0.25, 0.3) is 0 Å². The minimum absolute atomic E-state index is 0.0641. The van der Waals surface area contributed by atoms with Gasteiger partial charge in [0.25, 0.3) is 0 Å². The van der Waals surface area contributed by atoms with Gasteiger partial charge in [0.15, 0.2) is 0 Å². The van der Waals surface area contributed by atoms with Crippen LogP contribution < -0.4 is 0 Å². The number of aliphatic hydroxyl groups excluding tert-OH is 3. The summed E-state index contributed by atoms with van der Waals surface area (Å²) in [5, 5.41) is 27.0. The first-order chi connectivity index (χ1) is 11.2. The first-order valence-electron chi connectivity index (χ1n) is 9.33. The van der Waals surface area contributed by atoms with Crippen molar-refractivity contribution >= 4 is 0 Å². The Bertz CT molecular complexity index is 225. The van der Waals surface area contributed by atoms with E-state index in [0.717, 1.165) is 12.8 Å². The molecule has 0 saturated carbocycles. The lowest BCUT2D eigenvalue weighted by Gasteiger charge is -2.16. The summed E-state index contributed by atoms with van der Waals surface area (Å²) < 4.78 is 10.8. The first kappa shape index (κ1) is 22.8. The number of unbranched alkanes of at least 4 members (excludes halogenated alkanes) is 9. The maximum absolute atomic E-state index is 9.19. The summed E-state index contributed by atoms with van der Waals surface area (Å²) in [7, 11) is 0. The summed E-state index contributed by atoms with van der Waals surface area (Å²) in [6.45, 7) is 2.78. The van der Waals surface area contributed by atoms with Crippen molar-refractivity contribution < 1.29 is 24.8 Å². The summed E-state index contributed by atoms with van der Waals surface area (Å²) in [6, 6.07) is 0. The molecule has 0 spiro atoms. The molecule has 0 aliphatic carbocycles. The molecule has 0 aliphatic rings. The summed E-state index contributed by atoms with van der Waals surface area (Å²) in [6.07, 6.45) is 11.6. The van der Waals surface area contributed by atoms with Crippen molar-refractivity contribution in [2.24, 2.45) is 0 Å². The van der Waals surface area contributed by atoms with Crippen LogP contribution in [0, 0.1) is 0 Å². The molecule has 5 heteroatoms. The highest BCUT2D eigenvalue weighted by Crippen LogP contribution is 2.10. The fourth-order valence-electron chi connectivity index (χ4n) is 2.38. The lowest BCUT2D eigenvalue weighted by Crippen LogP contribution is -2.28. The first-order valence-corrected chi connectivity index (χ1v) is 9.33. The molecule has 0 amide bonds. The van der Waals surface area contributed by atoms with Crippen LogP contribution in [-0.4, -0.2) is 60.6 Å². The smallest absolute Gasteiger partial charge is 0.104 e. The molecule has 0 aromatic heterocycles. The van der Waals surface area contributed by atoms with Gasteiger partial charge < -0.3 is 24.8 Å². The van der Waals surface area contributed by atoms with Crippen molar-refractivity contribution in [3.63, 3.8) is 0 Å². The molecule has 3 N–H and O–H groups in total. The standard InChI is InChI=1S/C18H38O5/c1-2-3-4-5-6-7-8-9-10-11-12-23-18(14-20)16-22-15-17(21)13-19/h17-21H,2-16H2,1H3. The molecular formula is C18H38O5. The Balaban J connectivity index is 3.30. The molecule has 0 heterocycles.